The first kappa shape index (κ1) is 15.3. The van der Waals surface area contributed by atoms with Crippen LogP contribution in [0.1, 0.15) is 43.8 Å². The number of rotatable bonds is 3. The topological polar surface area (TPSA) is 71.2 Å². The largest absolute Gasteiger partial charge is 0.383 e. The molecule has 0 bridgehead atoms. The van der Waals surface area contributed by atoms with Gasteiger partial charge in [-0.1, -0.05) is 0 Å². The fraction of sp³-hybridized carbons (Fsp3) is 0.786. The smallest absolute Gasteiger partial charge is 0.352 e. The van der Waals surface area contributed by atoms with Gasteiger partial charge in [-0.25, -0.2) is 0 Å². The van der Waals surface area contributed by atoms with Gasteiger partial charge in [-0.2, -0.15) is 8.78 Å². The second-order valence-electron chi connectivity index (χ2n) is 6.35. The number of halogens is 2. The van der Waals surface area contributed by atoms with E-state index in [4.69, 9.17) is 0 Å². The maximum atomic E-state index is 14.3. The van der Waals surface area contributed by atoms with E-state index < -0.39 is 17.4 Å². The summed E-state index contributed by atoms with van der Waals surface area (Å²) in [4.78, 5) is 13.4. The predicted octanol–water partition coefficient (Wildman–Crippen LogP) is 1.07. The number of nitrogens with zero attached hydrogens (tertiary/aromatic N) is 4. The fourth-order valence-corrected chi connectivity index (χ4v) is 3.26. The molecule has 2 heterocycles. The number of amides is 1. The van der Waals surface area contributed by atoms with Crippen LogP contribution in [0.2, 0.25) is 0 Å². The summed E-state index contributed by atoms with van der Waals surface area (Å²) >= 11 is 0. The quantitative estimate of drug-likeness (QED) is 0.906. The first-order valence-electron chi connectivity index (χ1n) is 7.58. The molecule has 0 aromatic carbocycles. The van der Waals surface area contributed by atoms with Crippen molar-refractivity contribution < 1.29 is 18.7 Å². The molecule has 1 saturated carbocycles. The summed E-state index contributed by atoms with van der Waals surface area (Å²) in [5, 5.41) is 17.7. The summed E-state index contributed by atoms with van der Waals surface area (Å²) in [5.41, 5.74) is -2.16. The molecule has 1 aliphatic carbocycles. The summed E-state index contributed by atoms with van der Waals surface area (Å²) < 4.78 is 30.4. The van der Waals surface area contributed by atoms with Crippen LogP contribution in [-0.2, 0) is 11.8 Å². The van der Waals surface area contributed by atoms with Crippen LogP contribution in [0.4, 0.5) is 8.78 Å². The molecule has 8 heteroatoms. The molecule has 1 amide bonds. The van der Waals surface area contributed by atoms with Gasteiger partial charge in [-0.3, -0.25) is 4.79 Å². The van der Waals surface area contributed by atoms with Gasteiger partial charge in [-0.05, 0) is 32.1 Å². The van der Waals surface area contributed by atoms with Gasteiger partial charge in [-0.15, -0.1) is 10.2 Å². The van der Waals surface area contributed by atoms with Crippen molar-refractivity contribution in [3.8, 4) is 0 Å². The lowest BCUT2D eigenvalue weighted by atomic mass is 9.74. The number of carbonyl (C=O) groups excluding carboxylic acids is 1. The summed E-state index contributed by atoms with van der Waals surface area (Å²) in [6, 6.07) is 0. The molecule has 1 saturated heterocycles. The number of carbonyl (C=O) groups is 1. The van der Waals surface area contributed by atoms with Crippen LogP contribution in [0, 0.1) is 0 Å². The molecule has 1 N–H and O–H groups in total. The molecule has 122 valence electrons. The zero-order chi connectivity index (χ0) is 16.0. The fourth-order valence-electron chi connectivity index (χ4n) is 3.26. The molecule has 1 unspecified atom stereocenters. The van der Waals surface area contributed by atoms with Crippen molar-refractivity contribution in [3.63, 3.8) is 0 Å². The van der Waals surface area contributed by atoms with Crippen LogP contribution in [0.3, 0.4) is 0 Å². The summed E-state index contributed by atoms with van der Waals surface area (Å²) in [7, 11) is 1.79. The third-order valence-corrected chi connectivity index (χ3v) is 4.85. The van der Waals surface area contributed by atoms with E-state index in [9.17, 15) is 18.7 Å². The Morgan fingerprint density at radius 3 is 2.73 bits per heavy atom. The molecular weight excluding hydrogens is 294 g/mol. The number of alkyl halides is 2. The molecular formula is C14H20F2N4O2. The van der Waals surface area contributed by atoms with Gasteiger partial charge >= 0.3 is 5.92 Å². The van der Waals surface area contributed by atoms with Gasteiger partial charge in [0.25, 0.3) is 5.91 Å². The van der Waals surface area contributed by atoms with E-state index in [2.05, 4.69) is 10.2 Å². The minimum absolute atomic E-state index is 0.0215. The second-order valence-corrected chi connectivity index (χ2v) is 6.35. The lowest BCUT2D eigenvalue weighted by Gasteiger charge is -2.44. The van der Waals surface area contributed by atoms with Crippen LogP contribution in [0.5, 0.6) is 0 Å². The number of likely N-dealkylation sites (tertiary alicyclic amines) is 1. The van der Waals surface area contributed by atoms with E-state index in [1.54, 1.807) is 17.9 Å². The standard InChI is InChI=1S/C14H20F2N4O2/c1-19-9-17-18-11(19)10-4-2-7-20(8-10)12(21)14(15,16)13(22)5-3-6-13/h9-10,22H,2-8H2,1H3. The minimum Gasteiger partial charge on any atom is -0.383 e. The van der Waals surface area contributed by atoms with Crippen molar-refractivity contribution in [2.24, 2.45) is 7.05 Å². The lowest BCUT2D eigenvalue weighted by molar-refractivity contribution is -0.224. The first-order valence-corrected chi connectivity index (χ1v) is 7.58. The molecule has 0 radical (unpaired) electrons. The maximum Gasteiger partial charge on any atom is 0.352 e. The van der Waals surface area contributed by atoms with Crippen LogP contribution in [0.25, 0.3) is 0 Å². The predicted molar refractivity (Wildman–Crippen MR) is 73.3 cm³/mol. The average molecular weight is 314 g/mol. The molecule has 1 aromatic heterocycles. The molecule has 6 nitrogen and oxygen atoms in total. The van der Waals surface area contributed by atoms with E-state index in [1.165, 1.54) is 4.90 Å². The Kier molecular flexibility index (Phi) is 3.66. The maximum absolute atomic E-state index is 14.3. The minimum atomic E-state index is -3.72. The van der Waals surface area contributed by atoms with E-state index in [0.29, 0.717) is 25.2 Å². The van der Waals surface area contributed by atoms with Gasteiger partial charge < -0.3 is 14.6 Å². The normalized spacial score (nSPS) is 24.9. The Labute approximate surface area is 127 Å². The Morgan fingerprint density at radius 1 is 1.45 bits per heavy atom. The van der Waals surface area contributed by atoms with Crippen LogP contribution < -0.4 is 0 Å². The van der Waals surface area contributed by atoms with Gasteiger partial charge in [0.15, 0.2) is 0 Å². The van der Waals surface area contributed by atoms with Crippen molar-refractivity contribution in [2.75, 3.05) is 13.1 Å². The molecule has 0 spiro atoms. The van der Waals surface area contributed by atoms with Crippen molar-refractivity contribution in [1.29, 1.82) is 0 Å². The number of aliphatic hydroxyl groups is 1. The van der Waals surface area contributed by atoms with Crippen molar-refractivity contribution in [3.05, 3.63) is 12.2 Å². The molecule has 1 aromatic rings. The van der Waals surface area contributed by atoms with Crippen LogP contribution in [0.15, 0.2) is 6.33 Å². The summed E-state index contributed by atoms with van der Waals surface area (Å²) in [5.74, 6) is -4.38. The van der Waals surface area contributed by atoms with Gasteiger partial charge in [0.1, 0.15) is 17.8 Å². The zero-order valence-electron chi connectivity index (χ0n) is 12.5. The van der Waals surface area contributed by atoms with Crippen molar-refractivity contribution in [1.82, 2.24) is 19.7 Å². The SMILES string of the molecule is Cn1cnnc1C1CCCN(C(=O)C(F)(F)C2(O)CCC2)C1. The Morgan fingerprint density at radius 2 is 2.18 bits per heavy atom. The molecule has 22 heavy (non-hydrogen) atoms. The molecule has 2 fully saturated rings. The van der Waals surface area contributed by atoms with E-state index in [1.807, 2.05) is 0 Å². The number of hydrogen-bond acceptors (Lipinski definition) is 4. The van der Waals surface area contributed by atoms with E-state index in [-0.39, 0.29) is 25.3 Å². The third kappa shape index (κ3) is 2.29. The highest BCUT2D eigenvalue weighted by molar-refractivity contribution is 5.85. The Hall–Kier alpha value is -1.57. The third-order valence-electron chi connectivity index (χ3n) is 4.85. The number of hydrogen-bond donors (Lipinski definition) is 1. The molecule has 2 aliphatic rings. The first-order chi connectivity index (χ1) is 10.3. The number of aryl methyl sites for hydroxylation is 1. The highest BCUT2D eigenvalue weighted by atomic mass is 19.3. The number of aromatic nitrogens is 3. The Balaban J connectivity index is 1.74. The van der Waals surface area contributed by atoms with Crippen molar-refractivity contribution in [2.45, 2.75) is 49.5 Å². The van der Waals surface area contributed by atoms with Gasteiger partial charge in [0.2, 0.25) is 0 Å². The van der Waals surface area contributed by atoms with Crippen LogP contribution in [-0.4, -0.2) is 55.3 Å². The second kappa shape index (κ2) is 5.26. The highest BCUT2D eigenvalue weighted by Crippen LogP contribution is 2.45. The van der Waals surface area contributed by atoms with Crippen LogP contribution >= 0.6 is 0 Å². The lowest BCUT2D eigenvalue weighted by Crippen LogP contribution is -2.62. The summed E-state index contributed by atoms with van der Waals surface area (Å²) in [6.45, 7) is 0.482. The zero-order valence-corrected chi connectivity index (χ0v) is 12.5. The van der Waals surface area contributed by atoms with Gasteiger partial charge in [0.05, 0.1) is 0 Å². The van der Waals surface area contributed by atoms with Gasteiger partial charge in [0, 0.05) is 26.1 Å². The van der Waals surface area contributed by atoms with E-state index in [0.717, 1.165) is 6.42 Å². The molecule has 3 rings (SSSR count). The highest BCUT2D eigenvalue weighted by Gasteiger charge is 2.62. The average Bonchev–Trinajstić information content (AvgIpc) is 2.90. The number of piperidine rings is 1. The van der Waals surface area contributed by atoms with Crippen molar-refractivity contribution >= 4 is 5.91 Å². The summed E-state index contributed by atoms with van der Waals surface area (Å²) in [6.07, 6.45) is 3.46. The monoisotopic (exact) mass is 314 g/mol. The molecule has 1 atom stereocenters. The molecule has 1 aliphatic heterocycles. The van der Waals surface area contributed by atoms with E-state index >= 15 is 0 Å². The Bertz CT molecular complexity index is 571.